The van der Waals surface area contributed by atoms with E-state index in [4.69, 9.17) is 0 Å². The second-order valence-electron chi connectivity index (χ2n) is 8.23. The van der Waals surface area contributed by atoms with Gasteiger partial charge in [0.2, 0.25) is 0 Å². The lowest BCUT2D eigenvalue weighted by Crippen LogP contribution is -2.38. The van der Waals surface area contributed by atoms with Crippen LogP contribution in [0.1, 0.15) is 32.1 Å². The first-order valence-electron chi connectivity index (χ1n) is 9.02. The molecule has 136 valence electrons. The van der Waals surface area contributed by atoms with Crippen LogP contribution in [-0.2, 0) is 0 Å². The molecule has 0 aliphatic heterocycles. The van der Waals surface area contributed by atoms with Gasteiger partial charge in [0.15, 0.2) is 0 Å². The van der Waals surface area contributed by atoms with Crippen molar-refractivity contribution in [3.63, 3.8) is 0 Å². The van der Waals surface area contributed by atoms with Gasteiger partial charge in [0, 0.05) is 25.2 Å². The van der Waals surface area contributed by atoms with E-state index >= 15 is 0 Å². The summed E-state index contributed by atoms with van der Waals surface area (Å²) in [7, 11) is 17.6. The van der Waals surface area contributed by atoms with Gasteiger partial charge in [-0.15, -0.1) is 0 Å². The Morgan fingerprint density at radius 3 is 1.26 bits per heavy atom. The lowest BCUT2D eigenvalue weighted by Gasteiger charge is -2.30. The van der Waals surface area contributed by atoms with Gasteiger partial charge in [-0.05, 0) is 88.5 Å². The van der Waals surface area contributed by atoms with Crippen molar-refractivity contribution in [1.29, 1.82) is 0 Å². The quantitative estimate of drug-likeness (QED) is 0.571. The van der Waals surface area contributed by atoms with Crippen molar-refractivity contribution in [2.24, 2.45) is 0 Å². The van der Waals surface area contributed by atoms with E-state index in [1.165, 1.54) is 32.1 Å². The third-order valence-corrected chi connectivity index (χ3v) is 5.03. The fourth-order valence-electron chi connectivity index (χ4n) is 3.59. The van der Waals surface area contributed by atoms with E-state index < -0.39 is 0 Å². The molecule has 0 spiro atoms. The van der Waals surface area contributed by atoms with Crippen LogP contribution in [-0.4, -0.2) is 101 Å². The molecule has 1 aliphatic carbocycles. The molecule has 23 heavy (non-hydrogen) atoms. The summed E-state index contributed by atoms with van der Waals surface area (Å²) < 4.78 is 0. The lowest BCUT2D eigenvalue weighted by atomic mass is 9.96. The average molecular weight is 325 g/mol. The van der Waals surface area contributed by atoms with Crippen LogP contribution in [0.2, 0.25) is 0 Å². The van der Waals surface area contributed by atoms with E-state index in [-0.39, 0.29) is 0 Å². The highest BCUT2D eigenvalue weighted by molar-refractivity contribution is 5.22. The molecule has 0 aromatic rings. The van der Waals surface area contributed by atoms with Gasteiger partial charge in [-0.2, -0.15) is 0 Å². The minimum Gasteiger partial charge on any atom is -0.308 e. The van der Waals surface area contributed by atoms with Gasteiger partial charge >= 0.3 is 0 Å². The highest BCUT2D eigenvalue weighted by Crippen LogP contribution is 2.33. The molecule has 0 aromatic heterocycles. The molecule has 0 amide bonds. The van der Waals surface area contributed by atoms with E-state index in [1.54, 1.807) is 11.1 Å². The summed E-state index contributed by atoms with van der Waals surface area (Å²) in [6, 6.07) is 1.25. The molecule has 0 unspecified atom stereocenters. The number of likely N-dealkylation sites (N-methyl/N-ethyl adjacent to an activating group) is 4. The maximum absolute atomic E-state index is 2.40. The first kappa shape index (κ1) is 20.6. The van der Waals surface area contributed by atoms with Crippen molar-refractivity contribution in [2.45, 2.75) is 44.2 Å². The standard InChI is InChI=1S/C19H40N4/c1-20(2)14-18(22(5)6)12-16-10-9-11-17(16)13-19(23(7)8)15-21(3)4/h18-19H,9-15H2,1-8H3/t18-,19-/m1/s1. The number of hydrogen-bond acceptors (Lipinski definition) is 4. The Hall–Kier alpha value is -0.420. The van der Waals surface area contributed by atoms with Crippen LogP contribution in [0.15, 0.2) is 11.1 Å². The zero-order valence-electron chi connectivity index (χ0n) is 16.9. The minimum absolute atomic E-state index is 0.625. The number of hydrogen-bond donors (Lipinski definition) is 0. The van der Waals surface area contributed by atoms with Gasteiger partial charge in [-0.3, -0.25) is 0 Å². The van der Waals surface area contributed by atoms with E-state index in [2.05, 4.69) is 76.0 Å². The molecule has 0 saturated heterocycles. The minimum atomic E-state index is 0.625. The Morgan fingerprint density at radius 1 is 0.652 bits per heavy atom. The highest BCUT2D eigenvalue weighted by Gasteiger charge is 2.23. The maximum Gasteiger partial charge on any atom is 0.0254 e. The first-order chi connectivity index (χ1) is 10.7. The molecule has 4 nitrogen and oxygen atoms in total. The predicted octanol–water partition coefficient (Wildman–Crippen LogP) is 2.23. The number of rotatable bonds is 10. The van der Waals surface area contributed by atoms with Crippen molar-refractivity contribution in [2.75, 3.05) is 69.5 Å². The van der Waals surface area contributed by atoms with Crippen LogP contribution >= 0.6 is 0 Å². The molecule has 0 fully saturated rings. The van der Waals surface area contributed by atoms with Gasteiger partial charge in [-0.25, -0.2) is 0 Å². The molecule has 0 aromatic carbocycles. The van der Waals surface area contributed by atoms with Gasteiger partial charge in [0.25, 0.3) is 0 Å². The normalized spacial score (nSPS) is 18.8. The van der Waals surface area contributed by atoms with Crippen LogP contribution in [0, 0.1) is 0 Å². The molecule has 4 heteroatoms. The smallest absolute Gasteiger partial charge is 0.0254 e. The van der Waals surface area contributed by atoms with Crippen molar-refractivity contribution in [3.05, 3.63) is 11.1 Å². The summed E-state index contributed by atoms with van der Waals surface area (Å²) >= 11 is 0. The Bertz CT molecular complexity index is 338. The van der Waals surface area contributed by atoms with Gasteiger partial charge in [-0.1, -0.05) is 11.1 Å². The molecule has 0 N–H and O–H groups in total. The van der Waals surface area contributed by atoms with Gasteiger partial charge in [0.1, 0.15) is 0 Å². The molecule has 1 aliphatic rings. The summed E-state index contributed by atoms with van der Waals surface area (Å²) in [6.07, 6.45) is 6.46. The summed E-state index contributed by atoms with van der Waals surface area (Å²) in [4.78, 5) is 9.42. The van der Waals surface area contributed by atoms with Crippen molar-refractivity contribution < 1.29 is 0 Å². The fraction of sp³-hybridized carbons (Fsp3) is 0.895. The molecule has 0 bridgehead atoms. The molecule has 1 rings (SSSR count). The Morgan fingerprint density at radius 2 is 1.00 bits per heavy atom. The highest BCUT2D eigenvalue weighted by atomic mass is 15.2. The van der Waals surface area contributed by atoms with Crippen molar-refractivity contribution in [3.8, 4) is 0 Å². The monoisotopic (exact) mass is 324 g/mol. The second-order valence-corrected chi connectivity index (χ2v) is 8.23. The van der Waals surface area contributed by atoms with E-state index in [0.717, 1.165) is 13.1 Å². The Balaban J connectivity index is 2.79. The molecule has 2 atom stereocenters. The lowest BCUT2D eigenvalue weighted by molar-refractivity contribution is 0.221. The zero-order chi connectivity index (χ0) is 17.6. The van der Waals surface area contributed by atoms with Crippen LogP contribution in [0.5, 0.6) is 0 Å². The zero-order valence-corrected chi connectivity index (χ0v) is 16.9. The Kier molecular flexibility index (Phi) is 8.76. The topological polar surface area (TPSA) is 13.0 Å². The van der Waals surface area contributed by atoms with E-state index in [9.17, 15) is 0 Å². The first-order valence-corrected chi connectivity index (χ1v) is 9.02. The largest absolute Gasteiger partial charge is 0.308 e. The Labute approximate surface area is 145 Å². The van der Waals surface area contributed by atoms with Crippen molar-refractivity contribution >= 4 is 0 Å². The summed E-state index contributed by atoms with van der Waals surface area (Å²) in [6.45, 7) is 2.27. The van der Waals surface area contributed by atoms with E-state index in [1.807, 2.05) is 0 Å². The van der Waals surface area contributed by atoms with Crippen LogP contribution in [0.3, 0.4) is 0 Å². The van der Waals surface area contributed by atoms with Crippen molar-refractivity contribution in [1.82, 2.24) is 19.6 Å². The maximum atomic E-state index is 2.40. The second kappa shape index (κ2) is 9.77. The van der Waals surface area contributed by atoms with Gasteiger partial charge in [0.05, 0.1) is 0 Å². The predicted molar refractivity (Wildman–Crippen MR) is 102 cm³/mol. The molecule has 0 saturated carbocycles. The van der Waals surface area contributed by atoms with E-state index in [0.29, 0.717) is 12.1 Å². The average Bonchev–Trinajstić information content (AvgIpc) is 2.83. The summed E-state index contributed by atoms with van der Waals surface area (Å²) in [5, 5.41) is 0. The van der Waals surface area contributed by atoms with Crippen LogP contribution < -0.4 is 0 Å². The SMILES string of the molecule is CN(C)C[C@@H](CC1=C(C[C@H](CN(C)C)N(C)C)CCC1)N(C)C. The molecular formula is C19H40N4. The molecule has 0 heterocycles. The number of nitrogens with zero attached hydrogens (tertiary/aromatic N) is 4. The molecule has 0 radical (unpaired) electrons. The summed E-state index contributed by atoms with van der Waals surface area (Å²) in [5.41, 5.74) is 3.49. The summed E-state index contributed by atoms with van der Waals surface area (Å²) in [5.74, 6) is 0. The third kappa shape index (κ3) is 7.34. The fourth-order valence-corrected chi connectivity index (χ4v) is 3.59. The third-order valence-electron chi connectivity index (χ3n) is 5.03. The van der Waals surface area contributed by atoms with Crippen LogP contribution in [0.25, 0.3) is 0 Å². The van der Waals surface area contributed by atoms with Gasteiger partial charge < -0.3 is 19.6 Å². The van der Waals surface area contributed by atoms with Crippen LogP contribution in [0.4, 0.5) is 0 Å². The molecular weight excluding hydrogens is 284 g/mol.